The Balaban J connectivity index is 0.000000819. The van der Waals surface area contributed by atoms with Gasteiger partial charge >= 0.3 is 319 Å². The van der Waals surface area contributed by atoms with Crippen molar-refractivity contribution in [1.29, 1.82) is 0 Å². The Morgan fingerprint density at radius 3 is 1.41 bits per heavy atom. The third-order valence-electron chi connectivity index (χ3n) is 13.2. The first-order valence-electron chi connectivity index (χ1n) is 22.0. The molecule has 0 aromatic heterocycles. The van der Waals surface area contributed by atoms with Gasteiger partial charge in [0.2, 0.25) is 0 Å². The number of benzene rings is 6. The van der Waals surface area contributed by atoms with Gasteiger partial charge in [-0.2, -0.15) is 0 Å². The predicted octanol–water partition coefficient (Wildman–Crippen LogP) is 15.4. The van der Waals surface area contributed by atoms with Crippen molar-refractivity contribution in [2.75, 3.05) is 0 Å². The van der Waals surface area contributed by atoms with Gasteiger partial charge in [0.25, 0.3) is 0 Å². The van der Waals surface area contributed by atoms with E-state index in [9.17, 15) is 0 Å². The SMILES string of the molecule is C1CC[SiH2]C1.CCC[CH2][Zr][C](CCC)(C1C(CC)=C(c2cccc3ccccc23)c2ccccc21)C1C(CC)=C(c2cccc3ccccc23)c2ccccc21. The third kappa shape index (κ3) is 7.13. The molecule has 3 aliphatic rings. The van der Waals surface area contributed by atoms with Crippen LogP contribution in [0.3, 0.4) is 0 Å². The van der Waals surface area contributed by atoms with Crippen molar-refractivity contribution >= 4 is 42.2 Å². The van der Waals surface area contributed by atoms with Gasteiger partial charge in [-0.1, -0.05) is 24.9 Å². The summed E-state index contributed by atoms with van der Waals surface area (Å²) in [5.74, 6) is 0.838. The van der Waals surface area contributed by atoms with E-state index in [1.165, 1.54) is 84.8 Å². The first kappa shape index (κ1) is 39.3. The fourth-order valence-corrected chi connectivity index (χ4v) is 18.9. The zero-order valence-electron chi connectivity index (χ0n) is 34.3. The number of unbranched alkanes of at least 4 members (excludes halogenated alkanes) is 1. The zero-order valence-corrected chi connectivity index (χ0v) is 38.2. The summed E-state index contributed by atoms with van der Waals surface area (Å²) < 4.78 is 1.63. The molecule has 2 atom stereocenters. The summed E-state index contributed by atoms with van der Waals surface area (Å²) in [7, 11) is 0.543. The van der Waals surface area contributed by atoms with Crippen LogP contribution in [-0.4, -0.2) is 9.52 Å². The molecule has 2 aliphatic carbocycles. The van der Waals surface area contributed by atoms with Gasteiger partial charge < -0.3 is 0 Å². The molecule has 0 N–H and O–H groups in total. The molecular formula is C54H60SiZr. The van der Waals surface area contributed by atoms with Crippen LogP contribution in [0.25, 0.3) is 32.7 Å². The van der Waals surface area contributed by atoms with Crippen LogP contribution in [0.5, 0.6) is 0 Å². The average molecular weight is 828 g/mol. The second kappa shape index (κ2) is 17.9. The van der Waals surface area contributed by atoms with Crippen molar-refractivity contribution in [3.63, 3.8) is 0 Å². The number of hydrogen-bond acceptors (Lipinski definition) is 0. The Kier molecular flexibility index (Phi) is 12.6. The summed E-state index contributed by atoms with van der Waals surface area (Å²) in [6.45, 7) is 9.77. The number of allylic oxidation sites excluding steroid dienone is 2. The van der Waals surface area contributed by atoms with Gasteiger partial charge in [-0.25, -0.2) is 0 Å². The van der Waals surface area contributed by atoms with E-state index in [-0.39, 0.29) is 3.12 Å². The Labute approximate surface area is 351 Å². The van der Waals surface area contributed by atoms with E-state index in [1.54, 1.807) is 47.2 Å². The van der Waals surface area contributed by atoms with Crippen LogP contribution in [0.15, 0.2) is 145 Å². The summed E-state index contributed by atoms with van der Waals surface area (Å²) in [6, 6.07) is 54.5. The summed E-state index contributed by atoms with van der Waals surface area (Å²) in [6.07, 6.45) is 10.4. The van der Waals surface area contributed by atoms with Crippen LogP contribution in [0.2, 0.25) is 19.3 Å². The third-order valence-corrected chi connectivity index (χ3v) is 20.4. The Morgan fingerprint density at radius 2 is 0.964 bits per heavy atom. The van der Waals surface area contributed by atoms with Crippen molar-refractivity contribution in [2.45, 2.75) is 110 Å². The minimum absolute atomic E-state index is 0.203. The molecule has 1 saturated heterocycles. The molecule has 0 radical (unpaired) electrons. The van der Waals surface area contributed by atoms with E-state index in [4.69, 9.17) is 0 Å². The van der Waals surface area contributed by atoms with Crippen LogP contribution < -0.4 is 0 Å². The van der Waals surface area contributed by atoms with Gasteiger partial charge in [0, 0.05) is 9.52 Å². The van der Waals surface area contributed by atoms with E-state index in [0.717, 1.165) is 12.8 Å². The molecule has 56 heavy (non-hydrogen) atoms. The van der Waals surface area contributed by atoms with Crippen molar-refractivity contribution in [3.8, 4) is 0 Å². The van der Waals surface area contributed by atoms with Gasteiger partial charge in [-0.15, -0.1) is 0 Å². The van der Waals surface area contributed by atoms with Gasteiger partial charge in [-0.3, -0.25) is 0 Å². The molecule has 6 aromatic rings. The summed E-state index contributed by atoms with van der Waals surface area (Å²) in [5, 5.41) is 5.42. The standard InChI is InChI=1S/C46H41.C4H10Si.C4H9.Zr/c1-4-17-42(45-32(5-2)43(38-24-11-13-26-40(38)45)36-28-15-20-30-18-7-9-22-34(30)36)46-33(6-3)44(39-25-12-14-27-41(39)46)37-29-16-21-31-19-8-10-23-35(31)37;1-2-4-5-3-1;1-3-4-2;/h7-16,18-29,45-46H,4-6,17H2,1-3H3;1-5H2;1,3-4H2,2H3;. The van der Waals surface area contributed by atoms with E-state index in [0.29, 0.717) is 21.4 Å². The van der Waals surface area contributed by atoms with Crippen molar-refractivity contribution in [1.82, 2.24) is 0 Å². The predicted molar refractivity (Wildman–Crippen MR) is 244 cm³/mol. The van der Waals surface area contributed by atoms with E-state index in [1.807, 2.05) is 0 Å². The second-order valence-electron chi connectivity index (χ2n) is 16.4. The van der Waals surface area contributed by atoms with Crippen LogP contribution in [0.4, 0.5) is 0 Å². The Bertz CT molecular complexity index is 2200. The van der Waals surface area contributed by atoms with Crippen LogP contribution in [0, 0.1) is 0 Å². The summed E-state index contributed by atoms with van der Waals surface area (Å²) in [4.78, 5) is 0. The molecule has 284 valence electrons. The molecule has 0 spiro atoms. The van der Waals surface area contributed by atoms with Crippen LogP contribution in [0.1, 0.15) is 124 Å². The van der Waals surface area contributed by atoms with Crippen LogP contribution >= 0.6 is 0 Å². The zero-order chi connectivity index (χ0) is 38.5. The molecule has 1 fully saturated rings. The molecule has 2 heteroatoms. The average Bonchev–Trinajstić information content (AvgIpc) is 4.02. The normalized spacial score (nSPS) is 18.5. The van der Waals surface area contributed by atoms with Gasteiger partial charge in [0.05, 0.1) is 0 Å². The molecule has 0 amide bonds. The second-order valence-corrected chi connectivity index (χ2v) is 22.9. The van der Waals surface area contributed by atoms with E-state index < -0.39 is 23.2 Å². The van der Waals surface area contributed by atoms with Crippen LogP contribution in [-0.2, 0) is 23.2 Å². The van der Waals surface area contributed by atoms with Crippen molar-refractivity contribution in [3.05, 3.63) is 178 Å². The molecule has 0 bridgehead atoms. The summed E-state index contributed by atoms with van der Waals surface area (Å²) in [5.41, 5.74) is 15.4. The van der Waals surface area contributed by atoms with Gasteiger partial charge in [-0.05, 0) is 0 Å². The van der Waals surface area contributed by atoms with E-state index >= 15 is 0 Å². The Morgan fingerprint density at radius 1 is 0.518 bits per heavy atom. The fraction of sp³-hybridized carbons (Fsp3) is 0.333. The maximum atomic E-state index is 2.53. The number of hydrogen-bond donors (Lipinski definition) is 0. The minimum atomic E-state index is -0.984. The molecular weight excluding hydrogens is 768 g/mol. The fourth-order valence-electron chi connectivity index (χ4n) is 11.0. The number of rotatable bonds is 12. The molecule has 0 saturated carbocycles. The van der Waals surface area contributed by atoms with Gasteiger partial charge in [0.1, 0.15) is 0 Å². The van der Waals surface area contributed by atoms with Crippen molar-refractivity contribution < 1.29 is 23.2 Å². The van der Waals surface area contributed by atoms with E-state index in [2.05, 4.69) is 161 Å². The molecule has 1 aliphatic heterocycles. The quantitative estimate of drug-likeness (QED) is 0.0852. The molecule has 9 rings (SSSR count). The first-order chi connectivity index (χ1) is 27.7. The monoisotopic (exact) mass is 826 g/mol. The van der Waals surface area contributed by atoms with Crippen molar-refractivity contribution in [2.24, 2.45) is 0 Å². The van der Waals surface area contributed by atoms with Gasteiger partial charge in [0.15, 0.2) is 0 Å². The maximum absolute atomic E-state index is 2.53. The summed E-state index contributed by atoms with van der Waals surface area (Å²) >= 11 is -0.984. The Hall–Kier alpha value is -3.58. The molecule has 6 aromatic carbocycles. The molecule has 1 heterocycles. The number of fused-ring (bicyclic) bond motifs is 4. The first-order valence-corrected chi connectivity index (χ1v) is 27.0. The topological polar surface area (TPSA) is 0 Å². The molecule has 2 unspecified atom stereocenters. The molecule has 0 nitrogen and oxygen atoms in total.